The summed E-state index contributed by atoms with van der Waals surface area (Å²) < 4.78 is 7.36. The standard InChI is InChI=1S/C23H20N4O4S2/c1-23(30)20(29)13(9-28)31-22(23)27-11-26-18-17(24-10-25-21(18)27)12-5-4-8-16-19(12)33-15-7-3-2-6-14(15)32-16/h2-8,10-11,13,20,22,28-30H,9H2,1H3/t13?,20?,22?,23-/m1/s1. The van der Waals surface area contributed by atoms with E-state index in [9.17, 15) is 15.3 Å². The molecule has 10 heteroatoms. The minimum absolute atomic E-state index is 0.410. The minimum Gasteiger partial charge on any atom is -0.394 e. The van der Waals surface area contributed by atoms with Gasteiger partial charge in [-0.05, 0) is 25.1 Å². The van der Waals surface area contributed by atoms with Gasteiger partial charge in [0.2, 0.25) is 0 Å². The molecule has 33 heavy (non-hydrogen) atoms. The van der Waals surface area contributed by atoms with Gasteiger partial charge < -0.3 is 20.1 Å². The lowest BCUT2D eigenvalue weighted by Crippen LogP contribution is -2.44. The lowest BCUT2D eigenvalue weighted by molar-refractivity contribution is -0.0950. The molecule has 1 saturated heterocycles. The van der Waals surface area contributed by atoms with Crippen molar-refractivity contribution < 1.29 is 20.1 Å². The molecule has 2 aliphatic heterocycles. The van der Waals surface area contributed by atoms with Gasteiger partial charge in [0, 0.05) is 25.1 Å². The highest BCUT2D eigenvalue weighted by Crippen LogP contribution is 2.51. The predicted octanol–water partition coefficient (Wildman–Crippen LogP) is 3.11. The average Bonchev–Trinajstić information content (AvgIpc) is 3.35. The molecule has 0 bridgehead atoms. The zero-order valence-electron chi connectivity index (χ0n) is 17.5. The van der Waals surface area contributed by atoms with Gasteiger partial charge in [-0.3, -0.25) is 4.57 Å². The van der Waals surface area contributed by atoms with Crippen molar-refractivity contribution in [3.8, 4) is 11.3 Å². The number of aliphatic hydroxyl groups is 3. The van der Waals surface area contributed by atoms with Crippen LogP contribution in [-0.4, -0.2) is 59.3 Å². The van der Waals surface area contributed by atoms with Gasteiger partial charge in [0.15, 0.2) is 11.9 Å². The Morgan fingerprint density at radius 1 is 1.03 bits per heavy atom. The van der Waals surface area contributed by atoms with Gasteiger partial charge >= 0.3 is 0 Å². The van der Waals surface area contributed by atoms with E-state index in [1.54, 1.807) is 28.1 Å². The fraction of sp³-hybridized carbons (Fsp3) is 0.261. The predicted molar refractivity (Wildman–Crippen MR) is 123 cm³/mol. The molecular formula is C23H20N4O4S2. The Morgan fingerprint density at radius 3 is 2.55 bits per heavy atom. The molecule has 0 saturated carbocycles. The molecule has 2 aromatic heterocycles. The van der Waals surface area contributed by atoms with Crippen molar-refractivity contribution in [2.24, 2.45) is 0 Å². The van der Waals surface area contributed by atoms with Crippen LogP contribution in [0.4, 0.5) is 0 Å². The van der Waals surface area contributed by atoms with Crippen molar-refractivity contribution in [1.29, 1.82) is 0 Å². The molecule has 2 aliphatic rings. The lowest BCUT2D eigenvalue weighted by Gasteiger charge is -2.27. The van der Waals surface area contributed by atoms with E-state index < -0.39 is 30.6 Å². The number of hydrogen-bond acceptors (Lipinski definition) is 9. The summed E-state index contributed by atoms with van der Waals surface area (Å²) in [5.74, 6) is 0. The normalized spacial score (nSPS) is 26.4. The van der Waals surface area contributed by atoms with Crippen molar-refractivity contribution in [2.45, 2.75) is 50.5 Å². The Morgan fingerprint density at radius 2 is 1.79 bits per heavy atom. The second-order valence-electron chi connectivity index (χ2n) is 8.21. The molecule has 4 aromatic rings. The quantitative estimate of drug-likeness (QED) is 0.358. The van der Waals surface area contributed by atoms with Crippen LogP contribution in [0.3, 0.4) is 0 Å². The summed E-state index contributed by atoms with van der Waals surface area (Å²) in [6.45, 7) is 1.07. The largest absolute Gasteiger partial charge is 0.394 e. The van der Waals surface area contributed by atoms with E-state index in [0.29, 0.717) is 16.9 Å². The van der Waals surface area contributed by atoms with Crippen LogP contribution >= 0.6 is 23.5 Å². The van der Waals surface area contributed by atoms with E-state index in [0.717, 1.165) is 15.4 Å². The number of nitrogens with zero attached hydrogens (tertiary/aromatic N) is 4. The number of benzene rings is 2. The first-order valence-corrected chi connectivity index (χ1v) is 12.0. The van der Waals surface area contributed by atoms with Crippen LogP contribution in [0, 0.1) is 0 Å². The number of aliphatic hydroxyl groups excluding tert-OH is 2. The second kappa shape index (κ2) is 7.79. The maximum atomic E-state index is 10.9. The summed E-state index contributed by atoms with van der Waals surface area (Å²) in [7, 11) is 0. The fourth-order valence-corrected chi connectivity index (χ4v) is 6.73. The highest BCUT2D eigenvalue weighted by molar-refractivity contribution is 8.05. The monoisotopic (exact) mass is 480 g/mol. The third-order valence-electron chi connectivity index (χ3n) is 6.06. The van der Waals surface area contributed by atoms with Crippen molar-refractivity contribution in [1.82, 2.24) is 19.5 Å². The third-order valence-corrected chi connectivity index (χ3v) is 8.68. The Balaban J connectivity index is 1.47. The molecule has 0 spiro atoms. The molecule has 168 valence electrons. The Hall–Kier alpha value is -2.47. The zero-order chi connectivity index (χ0) is 22.7. The van der Waals surface area contributed by atoms with Crippen LogP contribution in [0.1, 0.15) is 13.2 Å². The highest BCUT2D eigenvalue weighted by atomic mass is 32.2. The van der Waals surface area contributed by atoms with Gasteiger partial charge in [-0.2, -0.15) is 0 Å². The topological polar surface area (TPSA) is 114 Å². The first-order chi connectivity index (χ1) is 16.0. The van der Waals surface area contributed by atoms with Gasteiger partial charge in [0.1, 0.15) is 35.3 Å². The SMILES string of the molecule is C[C@@]1(O)C(O)C(CO)OC1n1cnc2c(-c3cccc4c3Sc3ccccc3S4)ncnc21. The van der Waals surface area contributed by atoms with E-state index in [1.807, 2.05) is 24.3 Å². The van der Waals surface area contributed by atoms with Gasteiger partial charge in [-0.15, -0.1) is 0 Å². The third kappa shape index (κ3) is 3.21. The van der Waals surface area contributed by atoms with Crippen LogP contribution < -0.4 is 0 Å². The molecule has 0 aliphatic carbocycles. The number of ether oxygens (including phenoxy) is 1. The summed E-state index contributed by atoms with van der Waals surface area (Å²) in [5.41, 5.74) is 1.04. The molecular weight excluding hydrogens is 460 g/mol. The molecule has 0 radical (unpaired) electrons. The number of fused-ring (bicyclic) bond motifs is 3. The Kier molecular flexibility index (Phi) is 4.98. The summed E-state index contributed by atoms with van der Waals surface area (Å²) in [4.78, 5) is 18.2. The van der Waals surface area contributed by atoms with E-state index >= 15 is 0 Å². The Bertz CT molecular complexity index is 1380. The maximum Gasteiger partial charge on any atom is 0.168 e. The van der Waals surface area contributed by atoms with Crippen LogP contribution in [0.15, 0.2) is 74.7 Å². The molecule has 0 amide bonds. The summed E-state index contributed by atoms with van der Waals surface area (Å²) >= 11 is 3.44. The number of imidazole rings is 1. The van der Waals surface area contributed by atoms with E-state index in [4.69, 9.17) is 4.74 Å². The second-order valence-corrected chi connectivity index (χ2v) is 10.3. The van der Waals surface area contributed by atoms with Crippen molar-refractivity contribution in [3.05, 3.63) is 55.1 Å². The van der Waals surface area contributed by atoms with Crippen molar-refractivity contribution in [2.75, 3.05) is 6.61 Å². The summed E-state index contributed by atoms with van der Waals surface area (Å²) in [6.07, 6.45) is -0.118. The van der Waals surface area contributed by atoms with Gasteiger partial charge in [-0.1, -0.05) is 47.8 Å². The molecule has 1 fully saturated rings. The van der Waals surface area contributed by atoms with Crippen LogP contribution in [-0.2, 0) is 4.74 Å². The first-order valence-electron chi connectivity index (χ1n) is 10.4. The number of rotatable bonds is 3. The smallest absolute Gasteiger partial charge is 0.168 e. The molecule has 3 N–H and O–H groups in total. The van der Waals surface area contributed by atoms with Crippen molar-refractivity contribution >= 4 is 34.7 Å². The lowest BCUT2D eigenvalue weighted by atomic mass is 9.96. The van der Waals surface area contributed by atoms with E-state index in [1.165, 1.54) is 29.4 Å². The average molecular weight is 481 g/mol. The number of hydrogen-bond donors (Lipinski definition) is 3. The minimum atomic E-state index is -1.63. The highest BCUT2D eigenvalue weighted by Gasteiger charge is 2.53. The molecule has 8 nitrogen and oxygen atoms in total. The zero-order valence-corrected chi connectivity index (χ0v) is 19.1. The van der Waals surface area contributed by atoms with Crippen molar-refractivity contribution in [3.63, 3.8) is 0 Å². The molecule has 6 rings (SSSR count). The number of aromatic nitrogens is 4. The first kappa shape index (κ1) is 21.1. The summed E-state index contributed by atoms with van der Waals surface area (Å²) in [5, 5.41) is 30.8. The van der Waals surface area contributed by atoms with E-state index in [2.05, 4.69) is 33.2 Å². The van der Waals surface area contributed by atoms with Gasteiger partial charge in [-0.25, -0.2) is 15.0 Å². The van der Waals surface area contributed by atoms with E-state index in [-0.39, 0.29) is 0 Å². The molecule has 2 aromatic carbocycles. The van der Waals surface area contributed by atoms with Gasteiger partial charge in [0.05, 0.1) is 12.9 Å². The Labute approximate surface area is 197 Å². The fourth-order valence-electron chi connectivity index (χ4n) is 4.35. The maximum absolute atomic E-state index is 10.9. The van der Waals surface area contributed by atoms with Crippen LogP contribution in [0.5, 0.6) is 0 Å². The van der Waals surface area contributed by atoms with Crippen LogP contribution in [0.25, 0.3) is 22.4 Å². The van der Waals surface area contributed by atoms with Gasteiger partial charge in [0.25, 0.3) is 0 Å². The van der Waals surface area contributed by atoms with Crippen LogP contribution in [0.2, 0.25) is 0 Å². The molecule has 4 heterocycles. The summed E-state index contributed by atoms with van der Waals surface area (Å²) in [6, 6.07) is 14.4. The molecule has 4 atom stereocenters. The molecule has 3 unspecified atom stereocenters.